The Labute approximate surface area is 142 Å². The van der Waals surface area contributed by atoms with Crippen LogP contribution >= 0.6 is 0 Å². The molecule has 5 nitrogen and oxygen atoms in total. The second kappa shape index (κ2) is 5.12. The van der Waals surface area contributed by atoms with Crippen molar-refractivity contribution in [3.05, 3.63) is 29.8 Å². The average molecular weight is 327 g/mol. The molecule has 1 unspecified atom stereocenters. The van der Waals surface area contributed by atoms with Gasteiger partial charge in [-0.25, -0.2) is 4.99 Å². The SMILES string of the molecule is COc1ccc(C2N=C(N)ON2C23CC4CC(CC(C4)C2)C3)cc1. The van der Waals surface area contributed by atoms with Gasteiger partial charge in [-0.2, -0.15) is 0 Å². The molecule has 2 N–H and O–H groups in total. The van der Waals surface area contributed by atoms with Crippen molar-refractivity contribution >= 4 is 6.02 Å². The van der Waals surface area contributed by atoms with Gasteiger partial charge in [0.25, 0.3) is 0 Å². The lowest BCUT2D eigenvalue weighted by Gasteiger charge is -2.59. The third-order valence-corrected chi connectivity index (χ3v) is 6.55. The second-order valence-electron chi connectivity index (χ2n) is 8.17. The van der Waals surface area contributed by atoms with Crippen LogP contribution in [0.2, 0.25) is 0 Å². The summed E-state index contributed by atoms with van der Waals surface area (Å²) in [6.07, 6.45) is 7.80. The zero-order chi connectivity index (χ0) is 16.3. The quantitative estimate of drug-likeness (QED) is 0.926. The molecule has 5 aliphatic rings. The highest BCUT2D eigenvalue weighted by molar-refractivity contribution is 5.72. The maximum absolute atomic E-state index is 6.00. The van der Waals surface area contributed by atoms with Crippen LogP contribution < -0.4 is 10.5 Å². The molecule has 128 valence electrons. The number of nitrogens with two attached hydrogens (primary N) is 1. The number of amidine groups is 1. The zero-order valence-electron chi connectivity index (χ0n) is 14.1. The van der Waals surface area contributed by atoms with Gasteiger partial charge in [0.15, 0.2) is 6.17 Å². The summed E-state index contributed by atoms with van der Waals surface area (Å²) in [5.41, 5.74) is 7.22. The van der Waals surface area contributed by atoms with Crippen molar-refractivity contribution in [3.8, 4) is 5.75 Å². The Morgan fingerprint density at radius 2 is 1.67 bits per heavy atom. The number of hydroxylamine groups is 2. The van der Waals surface area contributed by atoms with E-state index in [1.165, 1.54) is 38.5 Å². The van der Waals surface area contributed by atoms with Gasteiger partial charge in [0.2, 0.25) is 0 Å². The topological polar surface area (TPSA) is 60.1 Å². The fraction of sp³-hybridized carbons (Fsp3) is 0.632. The Morgan fingerprint density at radius 3 is 2.21 bits per heavy atom. The van der Waals surface area contributed by atoms with Crippen molar-refractivity contribution in [2.24, 2.45) is 28.5 Å². The summed E-state index contributed by atoms with van der Waals surface area (Å²) in [5.74, 6) is 3.44. The molecule has 1 atom stereocenters. The van der Waals surface area contributed by atoms with Crippen LogP contribution in [0.15, 0.2) is 29.3 Å². The summed E-state index contributed by atoms with van der Waals surface area (Å²) in [5, 5.41) is 2.15. The molecule has 0 amide bonds. The Balaban J connectivity index is 1.48. The van der Waals surface area contributed by atoms with E-state index in [1.54, 1.807) is 7.11 Å². The standard InChI is InChI=1S/C19H25N3O2/c1-23-16-4-2-15(3-5-16)17-21-18(20)24-22(17)19-9-12-6-13(10-19)8-14(7-12)11-19/h2-5,12-14,17H,6-11H2,1H3,(H2,20,21). The molecule has 0 radical (unpaired) electrons. The number of hydrogen-bond donors (Lipinski definition) is 1. The molecule has 24 heavy (non-hydrogen) atoms. The molecule has 5 heteroatoms. The predicted molar refractivity (Wildman–Crippen MR) is 91.2 cm³/mol. The first-order chi connectivity index (χ1) is 11.6. The van der Waals surface area contributed by atoms with Gasteiger partial charge in [0, 0.05) is 0 Å². The monoisotopic (exact) mass is 327 g/mol. The lowest BCUT2D eigenvalue weighted by molar-refractivity contribution is -0.225. The van der Waals surface area contributed by atoms with Crippen LogP contribution in [0.3, 0.4) is 0 Å². The number of nitrogens with zero attached hydrogens (tertiary/aromatic N) is 2. The minimum atomic E-state index is -0.132. The molecular weight excluding hydrogens is 302 g/mol. The molecule has 1 aliphatic heterocycles. The van der Waals surface area contributed by atoms with Crippen LogP contribution in [0.5, 0.6) is 5.75 Å². The molecule has 0 aromatic heterocycles. The van der Waals surface area contributed by atoms with Crippen LogP contribution in [0, 0.1) is 17.8 Å². The van der Waals surface area contributed by atoms with Crippen molar-refractivity contribution in [3.63, 3.8) is 0 Å². The highest BCUT2D eigenvalue weighted by Gasteiger charge is 2.57. The summed E-state index contributed by atoms with van der Waals surface area (Å²) in [7, 11) is 1.69. The zero-order valence-corrected chi connectivity index (χ0v) is 14.1. The molecule has 0 saturated heterocycles. The van der Waals surface area contributed by atoms with Crippen molar-refractivity contribution in [2.45, 2.75) is 50.2 Å². The maximum Gasteiger partial charge on any atom is 0.304 e. The van der Waals surface area contributed by atoms with E-state index in [0.29, 0.717) is 6.02 Å². The Bertz CT molecular complexity index is 634. The van der Waals surface area contributed by atoms with Crippen LogP contribution in [0.4, 0.5) is 0 Å². The van der Waals surface area contributed by atoms with Gasteiger partial charge in [-0.1, -0.05) is 12.1 Å². The number of ether oxygens (including phenoxy) is 1. The number of methoxy groups -OCH3 is 1. The number of rotatable bonds is 3. The first-order valence-electron chi connectivity index (χ1n) is 9.10. The molecule has 4 bridgehead atoms. The Morgan fingerprint density at radius 1 is 1.08 bits per heavy atom. The first-order valence-corrected chi connectivity index (χ1v) is 9.10. The van der Waals surface area contributed by atoms with E-state index < -0.39 is 0 Å². The third-order valence-electron chi connectivity index (χ3n) is 6.55. The third kappa shape index (κ3) is 2.14. The Kier molecular flexibility index (Phi) is 3.11. The van der Waals surface area contributed by atoms with E-state index in [9.17, 15) is 0 Å². The van der Waals surface area contributed by atoms with E-state index in [-0.39, 0.29) is 11.7 Å². The fourth-order valence-corrected chi connectivity index (χ4v) is 6.02. The fourth-order valence-electron chi connectivity index (χ4n) is 6.02. The molecule has 6 rings (SSSR count). The van der Waals surface area contributed by atoms with Crippen molar-refractivity contribution in [1.82, 2.24) is 5.06 Å². The van der Waals surface area contributed by atoms with Crippen molar-refractivity contribution in [2.75, 3.05) is 7.11 Å². The van der Waals surface area contributed by atoms with Crippen LogP contribution in [0.1, 0.15) is 50.3 Å². The van der Waals surface area contributed by atoms with Crippen molar-refractivity contribution < 1.29 is 9.57 Å². The maximum atomic E-state index is 6.00. The first kappa shape index (κ1) is 14.6. The molecule has 4 aliphatic carbocycles. The largest absolute Gasteiger partial charge is 0.497 e. The smallest absolute Gasteiger partial charge is 0.304 e. The summed E-state index contributed by atoms with van der Waals surface area (Å²) in [4.78, 5) is 10.6. The molecule has 4 fully saturated rings. The van der Waals surface area contributed by atoms with Gasteiger partial charge >= 0.3 is 6.02 Å². The Hall–Kier alpha value is -1.75. The average Bonchev–Trinajstić information content (AvgIpc) is 2.96. The molecule has 1 aromatic carbocycles. The summed E-state index contributed by atoms with van der Waals surface area (Å²) >= 11 is 0. The van der Waals surface area contributed by atoms with E-state index in [0.717, 1.165) is 29.1 Å². The minimum absolute atomic E-state index is 0.115. The number of aliphatic imine (C=N–C) groups is 1. The summed E-state index contributed by atoms with van der Waals surface area (Å²) in [6, 6.07) is 8.41. The molecule has 0 spiro atoms. The van der Waals surface area contributed by atoms with E-state index >= 15 is 0 Å². The van der Waals surface area contributed by atoms with Crippen LogP contribution in [-0.2, 0) is 4.84 Å². The van der Waals surface area contributed by atoms with Gasteiger partial charge < -0.3 is 15.3 Å². The van der Waals surface area contributed by atoms with E-state index in [1.807, 2.05) is 12.1 Å². The number of benzene rings is 1. The van der Waals surface area contributed by atoms with Gasteiger partial charge in [-0.05, 0) is 74.0 Å². The molecule has 1 heterocycles. The molecule has 1 aromatic rings. The van der Waals surface area contributed by atoms with Crippen molar-refractivity contribution in [1.29, 1.82) is 0 Å². The second-order valence-corrected chi connectivity index (χ2v) is 8.17. The van der Waals surface area contributed by atoms with E-state index in [4.69, 9.17) is 15.3 Å². The highest BCUT2D eigenvalue weighted by Crippen LogP contribution is 2.59. The van der Waals surface area contributed by atoms with Crippen LogP contribution in [-0.4, -0.2) is 23.7 Å². The van der Waals surface area contributed by atoms with Gasteiger partial charge in [0.05, 0.1) is 12.6 Å². The van der Waals surface area contributed by atoms with Gasteiger partial charge in [-0.15, -0.1) is 5.06 Å². The minimum Gasteiger partial charge on any atom is -0.497 e. The highest BCUT2D eigenvalue weighted by atomic mass is 16.7. The molecule has 4 saturated carbocycles. The van der Waals surface area contributed by atoms with Gasteiger partial charge in [-0.3, -0.25) is 0 Å². The normalized spacial score (nSPS) is 40.5. The lowest BCUT2D eigenvalue weighted by atomic mass is 9.53. The molecular formula is C19H25N3O2. The summed E-state index contributed by atoms with van der Waals surface area (Å²) in [6.45, 7) is 0. The lowest BCUT2D eigenvalue weighted by Crippen LogP contribution is -2.59. The van der Waals surface area contributed by atoms with Gasteiger partial charge in [0.1, 0.15) is 5.75 Å². The van der Waals surface area contributed by atoms with E-state index in [2.05, 4.69) is 22.2 Å². The van der Waals surface area contributed by atoms with Crippen LogP contribution in [0.25, 0.3) is 0 Å². The summed E-state index contributed by atoms with van der Waals surface area (Å²) < 4.78 is 5.27. The predicted octanol–water partition coefficient (Wildman–Crippen LogP) is 3.22. The number of hydrogen-bond acceptors (Lipinski definition) is 5.